The van der Waals surface area contributed by atoms with Crippen LogP contribution in [0.25, 0.3) is 16.9 Å². The molecule has 1 amide bonds. The van der Waals surface area contributed by atoms with E-state index in [0.717, 1.165) is 30.8 Å². The number of carbonyl (C=O) groups excluding carboxylic acids is 1. The first kappa shape index (κ1) is 26.1. The quantitative estimate of drug-likeness (QED) is 0.373. The number of aryl methyl sites for hydroxylation is 1. The smallest absolute Gasteiger partial charge is 0.410 e. The third-order valence-corrected chi connectivity index (χ3v) is 6.08. The molecule has 2 heterocycles. The van der Waals surface area contributed by atoms with Crippen LogP contribution >= 0.6 is 23.2 Å². The Kier molecular flexibility index (Phi) is 6.67. The van der Waals surface area contributed by atoms with Gasteiger partial charge in [-0.1, -0.05) is 23.2 Å². The second-order valence-electron chi connectivity index (χ2n) is 8.15. The molecule has 0 aliphatic heterocycles. The van der Waals surface area contributed by atoms with Crippen molar-refractivity contribution in [3.05, 3.63) is 45.7 Å². The molecule has 1 atom stereocenters. The van der Waals surface area contributed by atoms with Gasteiger partial charge in [0.25, 0.3) is 11.8 Å². The van der Waals surface area contributed by atoms with Crippen LogP contribution in [-0.2, 0) is 13.2 Å². The molecule has 1 aliphatic carbocycles. The van der Waals surface area contributed by atoms with E-state index in [1.807, 2.05) is 0 Å². The van der Waals surface area contributed by atoms with Crippen LogP contribution in [0.4, 0.5) is 26.3 Å². The van der Waals surface area contributed by atoms with Gasteiger partial charge in [0.1, 0.15) is 0 Å². The molecule has 15 heteroatoms. The number of carbonyl (C=O) groups is 1. The lowest BCUT2D eigenvalue weighted by Crippen LogP contribution is -2.35. The summed E-state index contributed by atoms with van der Waals surface area (Å²) in [7, 11) is 1.05. The lowest BCUT2D eigenvalue weighted by Gasteiger charge is -2.18. The Balaban J connectivity index is 1.76. The third kappa shape index (κ3) is 5.12. The maximum Gasteiger partial charge on any atom is 0.430 e. The van der Waals surface area contributed by atoms with E-state index in [9.17, 15) is 31.1 Å². The number of alkyl halides is 6. The van der Waals surface area contributed by atoms with E-state index >= 15 is 0 Å². The zero-order valence-electron chi connectivity index (χ0n) is 18.5. The van der Waals surface area contributed by atoms with Gasteiger partial charge in [0.05, 0.1) is 21.8 Å². The van der Waals surface area contributed by atoms with Crippen molar-refractivity contribution in [2.24, 2.45) is 7.05 Å². The van der Waals surface area contributed by atoms with Crippen LogP contribution in [0.2, 0.25) is 10.0 Å². The minimum atomic E-state index is -5.21. The molecule has 1 saturated carbocycles. The van der Waals surface area contributed by atoms with Crippen molar-refractivity contribution >= 4 is 29.1 Å². The number of nitrogens with zero attached hydrogens (tertiary/aromatic N) is 4. The number of amides is 1. The zero-order chi connectivity index (χ0) is 26.6. The number of halogens is 8. The fourth-order valence-corrected chi connectivity index (χ4v) is 3.70. The summed E-state index contributed by atoms with van der Waals surface area (Å²) in [5, 5.41) is 10.1. The van der Waals surface area contributed by atoms with Crippen LogP contribution < -0.4 is 10.1 Å². The van der Waals surface area contributed by atoms with Crippen molar-refractivity contribution in [2.75, 3.05) is 0 Å². The molecule has 4 rings (SSSR count). The maximum atomic E-state index is 13.9. The number of ether oxygens (including phenoxy) is 1. The van der Waals surface area contributed by atoms with Crippen molar-refractivity contribution in [1.29, 1.82) is 0 Å². The van der Waals surface area contributed by atoms with Gasteiger partial charge in [-0.05, 0) is 37.5 Å². The van der Waals surface area contributed by atoms with E-state index in [1.165, 1.54) is 18.3 Å². The lowest BCUT2D eigenvalue weighted by molar-refractivity contribution is -0.220. The van der Waals surface area contributed by atoms with Crippen molar-refractivity contribution in [1.82, 2.24) is 24.9 Å². The summed E-state index contributed by atoms with van der Waals surface area (Å²) in [6.07, 6.45) is -8.69. The van der Waals surface area contributed by atoms with Crippen LogP contribution in [0.1, 0.15) is 35.7 Å². The molecule has 1 N–H and O–H groups in total. The number of rotatable bonds is 7. The van der Waals surface area contributed by atoms with E-state index in [2.05, 4.69) is 20.3 Å². The Morgan fingerprint density at radius 3 is 2.44 bits per heavy atom. The molecule has 2 aromatic heterocycles. The molecule has 1 fully saturated rings. The van der Waals surface area contributed by atoms with E-state index in [4.69, 9.17) is 23.2 Å². The average Bonchev–Trinajstić information content (AvgIpc) is 3.32. The van der Waals surface area contributed by atoms with E-state index in [-0.39, 0.29) is 27.2 Å². The molecule has 0 saturated heterocycles. The van der Waals surface area contributed by atoms with Gasteiger partial charge >= 0.3 is 12.3 Å². The number of hydrogen-bond donors (Lipinski definition) is 1. The molecule has 7 nitrogen and oxygen atoms in total. The van der Waals surface area contributed by atoms with Gasteiger partial charge in [-0.2, -0.15) is 27.1 Å². The van der Waals surface area contributed by atoms with Crippen LogP contribution in [0.3, 0.4) is 0 Å². The summed E-state index contributed by atoms with van der Waals surface area (Å²) in [4.78, 5) is 12.5. The van der Waals surface area contributed by atoms with Crippen LogP contribution in [0.5, 0.6) is 5.88 Å². The minimum Gasteiger partial charge on any atom is -0.410 e. The largest absolute Gasteiger partial charge is 0.430 e. The van der Waals surface area contributed by atoms with Crippen LogP contribution in [-0.4, -0.2) is 43.8 Å². The monoisotopic (exact) mass is 555 g/mol. The molecule has 1 aromatic carbocycles. The third-order valence-electron chi connectivity index (χ3n) is 5.28. The van der Waals surface area contributed by atoms with Crippen molar-refractivity contribution in [2.45, 2.75) is 44.3 Å². The second-order valence-corrected chi connectivity index (χ2v) is 8.93. The van der Waals surface area contributed by atoms with Gasteiger partial charge in [-0.15, -0.1) is 5.10 Å². The molecule has 0 radical (unpaired) electrons. The summed E-state index contributed by atoms with van der Waals surface area (Å²) in [6.45, 7) is 0.438. The lowest BCUT2D eigenvalue weighted by atomic mass is 10.1. The molecule has 1 aliphatic rings. The zero-order valence-corrected chi connectivity index (χ0v) is 20.0. The maximum absolute atomic E-state index is 13.9. The standard InChI is InChI=1S/C21H17Cl2F6N5O2/c1-9(24)21(28,29)36-18-15(20(25,26)27)19(33(2)32-18)34-8-11(7-30-34)10-5-13(16(23)14(22)6-10)17(35)31-12-3-4-12/h5-9,12H,3-4H2,1-2H3,(H,31,35). The van der Waals surface area contributed by atoms with Crippen molar-refractivity contribution in [3.63, 3.8) is 0 Å². The fourth-order valence-electron chi connectivity index (χ4n) is 3.28. The highest BCUT2D eigenvalue weighted by Gasteiger charge is 2.47. The second kappa shape index (κ2) is 9.18. The highest BCUT2D eigenvalue weighted by atomic mass is 35.5. The average molecular weight is 556 g/mol. The predicted molar refractivity (Wildman–Crippen MR) is 117 cm³/mol. The fraction of sp³-hybridized carbons (Fsp3) is 0.381. The Morgan fingerprint density at radius 1 is 1.19 bits per heavy atom. The van der Waals surface area contributed by atoms with Crippen LogP contribution in [0, 0.1) is 0 Å². The first-order valence-corrected chi connectivity index (χ1v) is 11.1. The van der Waals surface area contributed by atoms with Gasteiger partial charge in [0.15, 0.2) is 11.4 Å². The van der Waals surface area contributed by atoms with Crippen molar-refractivity contribution in [3.8, 4) is 22.8 Å². The summed E-state index contributed by atoms with van der Waals surface area (Å²) in [5.41, 5.74) is -1.08. The molecular weight excluding hydrogens is 539 g/mol. The van der Waals surface area contributed by atoms with Gasteiger partial charge in [0, 0.05) is 24.8 Å². The Bertz CT molecular complexity index is 1320. The SMILES string of the molecule is CC(F)C(F)(F)Oc1nn(C)c(-n2cc(-c3cc(Cl)c(Cl)c(C(=O)NC4CC4)c3)cn2)c1C(F)(F)F. The Labute approximate surface area is 209 Å². The summed E-state index contributed by atoms with van der Waals surface area (Å²) in [6, 6.07) is 2.83. The Hall–Kier alpha value is -2.93. The van der Waals surface area contributed by atoms with Gasteiger partial charge in [-0.25, -0.2) is 13.8 Å². The van der Waals surface area contributed by atoms with Crippen LogP contribution in [0.15, 0.2) is 24.5 Å². The number of benzene rings is 1. The predicted octanol–water partition coefficient (Wildman–Crippen LogP) is 5.82. The van der Waals surface area contributed by atoms with Gasteiger partial charge in [-0.3, -0.25) is 4.79 Å². The highest BCUT2D eigenvalue weighted by Crippen LogP contribution is 2.42. The minimum absolute atomic E-state index is 0.00163. The molecule has 0 bridgehead atoms. The number of hydrogen-bond acceptors (Lipinski definition) is 4. The molecule has 1 unspecified atom stereocenters. The molecule has 194 valence electrons. The van der Waals surface area contributed by atoms with Crippen molar-refractivity contribution < 1.29 is 35.9 Å². The van der Waals surface area contributed by atoms with E-state index in [0.29, 0.717) is 17.2 Å². The number of nitrogens with one attached hydrogen (secondary N) is 1. The Morgan fingerprint density at radius 2 is 1.86 bits per heavy atom. The topological polar surface area (TPSA) is 74.0 Å². The van der Waals surface area contributed by atoms with Gasteiger partial charge < -0.3 is 10.1 Å². The molecule has 3 aromatic rings. The first-order chi connectivity index (χ1) is 16.7. The summed E-state index contributed by atoms with van der Waals surface area (Å²) in [5.74, 6) is -2.74. The van der Waals surface area contributed by atoms with Gasteiger partial charge in [0.2, 0.25) is 6.17 Å². The molecule has 0 spiro atoms. The molecule has 36 heavy (non-hydrogen) atoms. The normalized spacial score (nSPS) is 15.2. The summed E-state index contributed by atoms with van der Waals surface area (Å²) >= 11 is 12.3. The summed E-state index contributed by atoms with van der Waals surface area (Å²) < 4.78 is 87.7. The highest BCUT2D eigenvalue weighted by molar-refractivity contribution is 6.44. The first-order valence-electron chi connectivity index (χ1n) is 10.4. The molecular formula is C21H17Cl2F6N5O2. The van der Waals surface area contributed by atoms with E-state index in [1.54, 1.807) is 0 Å². The number of aromatic nitrogens is 4. The van der Waals surface area contributed by atoms with E-state index < -0.39 is 41.6 Å².